The Morgan fingerprint density at radius 3 is 2.35 bits per heavy atom. The van der Waals surface area contributed by atoms with Gasteiger partial charge in [-0.15, -0.1) is 0 Å². The Kier molecular flexibility index (Phi) is 8.68. The largest absolute Gasteiger partial charge is 0.495 e. The standard InChI is InChI=1S/C25H26N4O9S2/c1-37-24-11-10-22(39(33,34)27-12-14-38-15-13-27)17-23(24)26-25(30)18-28(19-6-5-7-20(16-19)29(31)32)40(35,36)21-8-3-2-4-9-21/h2-11,16-17H,12-15,18H2,1H3,(H,26,30). The van der Waals surface area contributed by atoms with E-state index in [4.69, 9.17) is 9.47 Å². The summed E-state index contributed by atoms with van der Waals surface area (Å²) in [6, 6.07) is 16.1. The molecule has 0 atom stereocenters. The summed E-state index contributed by atoms with van der Waals surface area (Å²) in [4.78, 5) is 23.7. The number of carbonyl (C=O) groups is 1. The Hall–Kier alpha value is -4.05. The molecule has 1 amide bonds. The molecule has 3 aromatic carbocycles. The van der Waals surface area contributed by atoms with E-state index >= 15 is 0 Å². The number of amides is 1. The van der Waals surface area contributed by atoms with E-state index in [1.54, 1.807) is 6.07 Å². The molecule has 15 heteroatoms. The Balaban J connectivity index is 1.67. The zero-order chi connectivity index (χ0) is 28.9. The molecule has 40 heavy (non-hydrogen) atoms. The van der Waals surface area contributed by atoms with E-state index in [9.17, 15) is 31.7 Å². The summed E-state index contributed by atoms with van der Waals surface area (Å²) in [5, 5.41) is 13.9. The van der Waals surface area contributed by atoms with E-state index in [2.05, 4.69) is 5.32 Å². The second-order valence-corrected chi connectivity index (χ2v) is 12.3. The molecule has 0 bridgehead atoms. The minimum absolute atomic E-state index is 0.00191. The number of nitro groups is 1. The first-order valence-corrected chi connectivity index (χ1v) is 14.8. The van der Waals surface area contributed by atoms with Crippen LogP contribution in [0.2, 0.25) is 0 Å². The fourth-order valence-electron chi connectivity index (χ4n) is 4.00. The Morgan fingerprint density at radius 1 is 1.00 bits per heavy atom. The number of carbonyl (C=O) groups excluding carboxylic acids is 1. The highest BCUT2D eigenvalue weighted by Gasteiger charge is 2.30. The van der Waals surface area contributed by atoms with Gasteiger partial charge in [-0.1, -0.05) is 24.3 Å². The minimum atomic E-state index is -4.34. The lowest BCUT2D eigenvalue weighted by Crippen LogP contribution is -2.40. The second kappa shape index (κ2) is 12.0. The number of hydrogen-bond donors (Lipinski definition) is 1. The zero-order valence-corrected chi connectivity index (χ0v) is 22.9. The molecule has 212 valence electrons. The van der Waals surface area contributed by atoms with Gasteiger partial charge in [-0.2, -0.15) is 4.31 Å². The number of morpholine rings is 1. The van der Waals surface area contributed by atoms with Gasteiger partial charge in [-0.05, 0) is 36.4 Å². The van der Waals surface area contributed by atoms with Crippen LogP contribution in [0.15, 0.2) is 82.6 Å². The molecule has 1 saturated heterocycles. The first kappa shape index (κ1) is 28.9. The van der Waals surface area contributed by atoms with Crippen molar-refractivity contribution in [1.82, 2.24) is 4.31 Å². The highest BCUT2D eigenvalue weighted by atomic mass is 32.2. The van der Waals surface area contributed by atoms with Crippen molar-refractivity contribution >= 4 is 43.0 Å². The third-order valence-corrected chi connectivity index (χ3v) is 9.68. The number of sulfonamides is 2. The van der Waals surface area contributed by atoms with Crippen molar-refractivity contribution in [3.8, 4) is 5.75 Å². The topological polar surface area (TPSA) is 165 Å². The lowest BCUT2D eigenvalue weighted by atomic mass is 10.2. The second-order valence-electron chi connectivity index (χ2n) is 8.53. The molecule has 0 saturated carbocycles. The van der Waals surface area contributed by atoms with E-state index in [-0.39, 0.29) is 58.9 Å². The van der Waals surface area contributed by atoms with Crippen molar-refractivity contribution in [2.75, 3.05) is 49.6 Å². The number of benzene rings is 3. The molecule has 13 nitrogen and oxygen atoms in total. The molecule has 0 aliphatic carbocycles. The number of rotatable bonds is 10. The van der Waals surface area contributed by atoms with Crippen molar-refractivity contribution in [1.29, 1.82) is 0 Å². The van der Waals surface area contributed by atoms with Crippen LogP contribution in [0.3, 0.4) is 0 Å². The van der Waals surface area contributed by atoms with Gasteiger partial charge < -0.3 is 14.8 Å². The van der Waals surface area contributed by atoms with Crippen LogP contribution in [-0.2, 0) is 29.6 Å². The number of anilines is 2. The third kappa shape index (κ3) is 6.22. The summed E-state index contributed by atoms with van der Waals surface area (Å²) >= 11 is 0. The van der Waals surface area contributed by atoms with Crippen LogP contribution in [0, 0.1) is 10.1 Å². The van der Waals surface area contributed by atoms with Gasteiger partial charge >= 0.3 is 0 Å². The predicted molar refractivity (Wildman–Crippen MR) is 145 cm³/mol. The number of nitrogens with zero attached hydrogens (tertiary/aromatic N) is 3. The molecule has 4 rings (SSSR count). The van der Waals surface area contributed by atoms with E-state index in [0.29, 0.717) is 0 Å². The first-order chi connectivity index (χ1) is 19.0. The smallest absolute Gasteiger partial charge is 0.271 e. The van der Waals surface area contributed by atoms with Gasteiger partial charge in [0, 0.05) is 25.2 Å². The van der Waals surface area contributed by atoms with E-state index in [1.807, 2.05) is 0 Å². The monoisotopic (exact) mass is 590 g/mol. The zero-order valence-electron chi connectivity index (χ0n) is 21.3. The average molecular weight is 591 g/mol. The van der Waals surface area contributed by atoms with Crippen molar-refractivity contribution in [3.63, 3.8) is 0 Å². The molecule has 1 aliphatic heterocycles. The van der Waals surface area contributed by atoms with Crippen LogP contribution < -0.4 is 14.4 Å². The molecule has 1 aliphatic rings. The normalized spacial score (nSPS) is 14.3. The number of nitro benzene ring substituents is 1. The maximum absolute atomic E-state index is 13.5. The summed E-state index contributed by atoms with van der Waals surface area (Å²) in [6.07, 6.45) is 0. The average Bonchev–Trinajstić information content (AvgIpc) is 2.96. The van der Waals surface area contributed by atoms with Gasteiger partial charge in [0.05, 0.1) is 46.4 Å². The van der Waals surface area contributed by atoms with Gasteiger partial charge in [-0.3, -0.25) is 19.2 Å². The number of nitrogens with one attached hydrogen (secondary N) is 1. The predicted octanol–water partition coefficient (Wildman–Crippen LogP) is 2.46. The molecule has 1 heterocycles. The molecule has 1 N–H and O–H groups in total. The van der Waals surface area contributed by atoms with E-state index in [1.165, 1.54) is 72.1 Å². The van der Waals surface area contributed by atoms with Crippen molar-refractivity contribution in [3.05, 3.63) is 82.9 Å². The van der Waals surface area contributed by atoms with Crippen LogP contribution >= 0.6 is 0 Å². The number of ether oxygens (including phenoxy) is 2. The van der Waals surface area contributed by atoms with Crippen LogP contribution in [0.1, 0.15) is 0 Å². The molecule has 0 unspecified atom stereocenters. The van der Waals surface area contributed by atoms with Gasteiger partial charge in [0.15, 0.2) is 0 Å². The number of hydrogen-bond acceptors (Lipinski definition) is 9. The number of non-ortho nitro benzene ring substituents is 1. The van der Waals surface area contributed by atoms with Gasteiger partial charge in [0.25, 0.3) is 15.7 Å². The van der Waals surface area contributed by atoms with Crippen molar-refractivity contribution in [2.24, 2.45) is 0 Å². The fraction of sp³-hybridized carbons (Fsp3) is 0.240. The van der Waals surface area contributed by atoms with Gasteiger partial charge in [-0.25, -0.2) is 16.8 Å². The Bertz CT molecular complexity index is 1610. The van der Waals surface area contributed by atoms with Crippen LogP contribution in [0.5, 0.6) is 5.75 Å². The summed E-state index contributed by atoms with van der Waals surface area (Å²) in [6.45, 7) is 0.0732. The lowest BCUT2D eigenvalue weighted by Gasteiger charge is -2.26. The maximum Gasteiger partial charge on any atom is 0.271 e. The lowest BCUT2D eigenvalue weighted by molar-refractivity contribution is -0.384. The summed E-state index contributed by atoms with van der Waals surface area (Å²) in [5.74, 6) is -0.702. The van der Waals surface area contributed by atoms with Crippen molar-refractivity contribution in [2.45, 2.75) is 9.79 Å². The van der Waals surface area contributed by atoms with E-state index in [0.717, 1.165) is 10.4 Å². The molecular weight excluding hydrogens is 564 g/mol. The van der Waals surface area contributed by atoms with Crippen molar-refractivity contribution < 1.29 is 36.0 Å². The quantitative estimate of drug-likeness (QED) is 0.276. The molecule has 0 spiro atoms. The summed E-state index contributed by atoms with van der Waals surface area (Å²) in [7, 11) is -6.92. The van der Waals surface area contributed by atoms with E-state index < -0.39 is 37.4 Å². The summed E-state index contributed by atoms with van der Waals surface area (Å²) < 4.78 is 65.9. The Morgan fingerprint density at radius 2 is 1.70 bits per heavy atom. The number of methoxy groups -OCH3 is 1. The minimum Gasteiger partial charge on any atom is -0.495 e. The van der Waals surface area contributed by atoms with Crippen LogP contribution in [0.4, 0.5) is 17.1 Å². The Labute approximate surface area is 231 Å². The van der Waals surface area contributed by atoms with Gasteiger partial charge in [0.1, 0.15) is 12.3 Å². The van der Waals surface area contributed by atoms with Crippen LogP contribution in [0.25, 0.3) is 0 Å². The first-order valence-electron chi connectivity index (χ1n) is 11.9. The molecule has 0 aromatic heterocycles. The fourth-order valence-corrected chi connectivity index (χ4v) is 6.87. The SMILES string of the molecule is COc1ccc(S(=O)(=O)N2CCOCC2)cc1NC(=O)CN(c1cccc([N+](=O)[O-])c1)S(=O)(=O)c1ccccc1. The molecule has 1 fully saturated rings. The third-order valence-electron chi connectivity index (χ3n) is 6.00. The highest BCUT2D eigenvalue weighted by molar-refractivity contribution is 7.92. The van der Waals surface area contributed by atoms with Crippen LogP contribution in [-0.4, -0.2) is 71.9 Å². The summed E-state index contributed by atoms with van der Waals surface area (Å²) in [5.41, 5.74) is -0.476. The molecule has 3 aromatic rings. The molecular formula is C25H26N4O9S2. The highest BCUT2D eigenvalue weighted by Crippen LogP contribution is 2.31. The van der Waals surface area contributed by atoms with Gasteiger partial charge in [0.2, 0.25) is 15.9 Å². The molecule has 0 radical (unpaired) electrons. The maximum atomic E-state index is 13.5.